The lowest BCUT2D eigenvalue weighted by Gasteiger charge is -2.15. The van der Waals surface area contributed by atoms with E-state index in [2.05, 4.69) is 60.7 Å². The van der Waals surface area contributed by atoms with E-state index >= 15 is 0 Å². The van der Waals surface area contributed by atoms with Crippen LogP contribution >= 0.6 is 0 Å². The van der Waals surface area contributed by atoms with Gasteiger partial charge in [-0.1, -0.05) is 13.8 Å². The first-order valence-corrected chi connectivity index (χ1v) is 8.70. The lowest BCUT2D eigenvalue weighted by Crippen LogP contribution is -2.07. The predicted octanol–water partition coefficient (Wildman–Crippen LogP) is 4.36. The van der Waals surface area contributed by atoms with Gasteiger partial charge in [0.25, 0.3) is 0 Å². The minimum atomic E-state index is 0.153. The minimum absolute atomic E-state index is 0.153. The Kier molecular flexibility index (Phi) is 3.60. The molecule has 0 saturated carbocycles. The van der Waals surface area contributed by atoms with Crippen LogP contribution in [0.5, 0.6) is 0 Å². The number of aromatic nitrogens is 5. The molecule has 0 aliphatic heterocycles. The molecule has 128 valence electrons. The molecular weight excluding hydrogens is 310 g/mol. The maximum Gasteiger partial charge on any atom is 0.140 e. The predicted molar refractivity (Wildman–Crippen MR) is 101 cm³/mol. The number of hydrogen-bond acceptors (Lipinski definition) is 3. The van der Waals surface area contributed by atoms with E-state index in [0.29, 0.717) is 5.92 Å². The highest BCUT2D eigenvalue weighted by Gasteiger charge is 2.16. The Morgan fingerprint density at radius 2 is 1.72 bits per heavy atom. The summed E-state index contributed by atoms with van der Waals surface area (Å²) in [7, 11) is 1.95. The molecule has 0 radical (unpaired) electrons. The van der Waals surface area contributed by atoms with Gasteiger partial charge in [-0.25, -0.2) is 4.98 Å². The monoisotopic (exact) mass is 333 g/mol. The Bertz CT molecular complexity index is 1070. The molecule has 0 bridgehead atoms. The number of fused-ring (bicyclic) bond motifs is 2. The van der Waals surface area contributed by atoms with Crippen LogP contribution in [0.2, 0.25) is 0 Å². The van der Waals surface area contributed by atoms with Crippen LogP contribution in [0.15, 0.2) is 36.9 Å². The number of hydrogen-bond donors (Lipinski definition) is 0. The second-order valence-corrected chi connectivity index (χ2v) is 7.13. The molecule has 5 heteroatoms. The second-order valence-electron chi connectivity index (χ2n) is 7.13. The highest BCUT2D eigenvalue weighted by molar-refractivity contribution is 5.81. The zero-order valence-electron chi connectivity index (χ0n) is 15.4. The summed E-state index contributed by atoms with van der Waals surface area (Å²) < 4.78 is 4.11. The molecule has 4 aromatic heterocycles. The molecule has 0 spiro atoms. The highest BCUT2D eigenvalue weighted by Crippen LogP contribution is 2.29. The van der Waals surface area contributed by atoms with Crippen molar-refractivity contribution in [1.29, 1.82) is 0 Å². The van der Waals surface area contributed by atoms with Gasteiger partial charge in [0.2, 0.25) is 0 Å². The van der Waals surface area contributed by atoms with Crippen LogP contribution < -0.4 is 0 Å². The first-order chi connectivity index (χ1) is 12.0. The topological polar surface area (TPSA) is 48.5 Å². The lowest BCUT2D eigenvalue weighted by molar-refractivity contribution is 0.654. The van der Waals surface area contributed by atoms with Gasteiger partial charge in [0.1, 0.15) is 11.2 Å². The smallest absolute Gasteiger partial charge is 0.140 e. The van der Waals surface area contributed by atoms with Gasteiger partial charge < -0.3 is 4.57 Å². The third-order valence-electron chi connectivity index (χ3n) is 5.08. The van der Waals surface area contributed by atoms with Crippen molar-refractivity contribution in [1.82, 2.24) is 24.3 Å². The van der Waals surface area contributed by atoms with Crippen molar-refractivity contribution in [3.8, 4) is 0 Å². The van der Waals surface area contributed by atoms with E-state index < -0.39 is 0 Å². The maximum atomic E-state index is 4.76. The molecule has 1 unspecified atom stereocenters. The Balaban J connectivity index is 1.83. The first kappa shape index (κ1) is 15.8. The molecule has 4 rings (SSSR count). The van der Waals surface area contributed by atoms with Crippen molar-refractivity contribution in [3.63, 3.8) is 0 Å². The molecule has 25 heavy (non-hydrogen) atoms. The van der Waals surface area contributed by atoms with E-state index in [1.807, 2.05) is 24.1 Å². The standard InChI is InChI=1S/C20H23N5/c1-12(2)15-6-17-13(3)11-25(20(17)22-8-15)14(4)16-7-19-18(21-9-16)10-23-24(19)5/h6-12,14H,1-5H3. The Morgan fingerprint density at radius 1 is 0.960 bits per heavy atom. The number of rotatable bonds is 3. The largest absolute Gasteiger partial charge is 0.325 e. The molecule has 0 N–H and O–H groups in total. The van der Waals surface area contributed by atoms with Crippen LogP contribution in [0.3, 0.4) is 0 Å². The molecule has 4 heterocycles. The summed E-state index contributed by atoms with van der Waals surface area (Å²) in [6.07, 6.45) is 7.93. The van der Waals surface area contributed by atoms with E-state index in [9.17, 15) is 0 Å². The molecule has 0 amide bonds. The van der Waals surface area contributed by atoms with Crippen LogP contribution in [0.4, 0.5) is 0 Å². The zero-order valence-corrected chi connectivity index (χ0v) is 15.4. The van der Waals surface area contributed by atoms with Crippen molar-refractivity contribution in [3.05, 3.63) is 53.6 Å². The van der Waals surface area contributed by atoms with Crippen molar-refractivity contribution in [2.45, 2.75) is 39.7 Å². The van der Waals surface area contributed by atoms with Gasteiger partial charge in [-0.15, -0.1) is 0 Å². The van der Waals surface area contributed by atoms with Crippen LogP contribution in [0.25, 0.3) is 22.1 Å². The molecule has 0 aromatic carbocycles. The van der Waals surface area contributed by atoms with Gasteiger partial charge in [0.15, 0.2) is 0 Å². The van der Waals surface area contributed by atoms with E-state index in [4.69, 9.17) is 4.98 Å². The highest BCUT2D eigenvalue weighted by atomic mass is 15.3. The third-order valence-corrected chi connectivity index (χ3v) is 5.08. The lowest BCUT2D eigenvalue weighted by atomic mass is 10.0. The second kappa shape index (κ2) is 5.69. The SMILES string of the molecule is Cc1cn(C(C)c2cnc3cnn(C)c3c2)c2ncc(C(C)C)cc12. The van der Waals surface area contributed by atoms with Crippen LogP contribution in [0.1, 0.15) is 49.4 Å². The Morgan fingerprint density at radius 3 is 2.48 bits per heavy atom. The third kappa shape index (κ3) is 2.51. The Labute approximate surface area is 147 Å². The van der Waals surface area contributed by atoms with E-state index in [0.717, 1.165) is 22.2 Å². The summed E-state index contributed by atoms with van der Waals surface area (Å²) >= 11 is 0. The summed E-state index contributed by atoms with van der Waals surface area (Å²) in [6.45, 7) is 8.75. The molecular formula is C20H23N5. The summed E-state index contributed by atoms with van der Waals surface area (Å²) in [4.78, 5) is 9.32. The molecule has 1 atom stereocenters. The Hall–Kier alpha value is -2.69. The molecule has 0 aliphatic carbocycles. The van der Waals surface area contributed by atoms with Crippen LogP contribution in [-0.4, -0.2) is 24.3 Å². The normalized spacial score (nSPS) is 13.2. The van der Waals surface area contributed by atoms with Crippen molar-refractivity contribution < 1.29 is 0 Å². The van der Waals surface area contributed by atoms with E-state index in [-0.39, 0.29) is 6.04 Å². The van der Waals surface area contributed by atoms with Gasteiger partial charge in [-0.2, -0.15) is 5.10 Å². The van der Waals surface area contributed by atoms with Crippen LogP contribution in [-0.2, 0) is 7.05 Å². The summed E-state index contributed by atoms with van der Waals surface area (Å²) in [5.74, 6) is 0.480. The molecule has 0 aliphatic rings. The van der Waals surface area contributed by atoms with Gasteiger partial charge in [0, 0.05) is 31.0 Å². The fraction of sp³-hybridized carbons (Fsp3) is 0.350. The molecule has 4 aromatic rings. The average Bonchev–Trinajstić information content (AvgIpc) is 3.14. The maximum absolute atomic E-state index is 4.76. The van der Waals surface area contributed by atoms with Gasteiger partial charge in [-0.05, 0) is 48.6 Å². The van der Waals surface area contributed by atoms with Gasteiger partial charge in [0.05, 0.1) is 17.8 Å². The van der Waals surface area contributed by atoms with Crippen molar-refractivity contribution >= 4 is 22.1 Å². The van der Waals surface area contributed by atoms with E-state index in [1.54, 1.807) is 6.20 Å². The van der Waals surface area contributed by atoms with Gasteiger partial charge in [-0.3, -0.25) is 9.67 Å². The van der Waals surface area contributed by atoms with Crippen molar-refractivity contribution in [2.75, 3.05) is 0 Å². The first-order valence-electron chi connectivity index (χ1n) is 8.70. The summed E-state index contributed by atoms with van der Waals surface area (Å²) in [5.41, 5.74) is 6.69. The summed E-state index contributed by atoms with van der Waals surface area (Å²) in [5, 5.41) is 5.51. The van der Waals surface area contributed by atoms with E-state index in [1.165, 1.54) is 16.5 Å². The number of pyridine rings is 2. The number of aryl methyl sites for hydroxylation is 2. The number of nitrogens with zero attached hydrogens (tertiary/aromatic N) is 5. The fourth-order valence-corrected chi connectivity index (χ4v) is 3.35. The molecule has 5 nitrogen and oxygen atoms in total. The molecule has 0 fully saturated rings. The zero-order chi connectivity index (χ0) is 17.7. The van der Waals surface area contributed by atoms with Gasteiger partial charge >= 0.3 is 0 Å². The van der Waals surface area contributed by atoms with Crippen LogP contribution in [0, 0.1) is 6.92 Å². The molecule has 0 saturated heterocycles. The quantitative estimate of drug-likeness (QED) is 0.560. The van der Waals surface area contributed by atoms with Crippen molar-refractivity contribution in [2.24, 2.45) is 7.05 Å². The average molecular weight is 333 g/mol. The summed E-state index contributed by atoms with van der Waals surface area (Å²) in [6, 6.07) is 4.60. The minimum Gasteiger partial charge on any atom is -0.325 e. The fourth-order valence-electron chi connectivity index (χ4n) is 3.35.